The molecule has 1 saturated carbocycles. The van der Waals surface area contributed by atoms with Crippen LogP contribution in [0.3, 0.4) is 0 Å². The van der Waals surface area contributed by atoms with Gasteiger partial charge >= 0.3 is 0 Å². The first-order chi connectivity index (χ1) is 11.5. The van der Waals surface area contributed by atoms with Gasteiger partial charge < -0.3 is 9.84 Å². The summed E-state index contributed by atoms with van der Waals surface area (Å²) in [6, 6.07) is 10.8. The van der Waals surface area contributed by atoms with Crippen LogP contribution in [0.15, 0.2) is 41.3 Å². The van der Waals surface area contributed by atoms with Crippen molar-refractivity contribution >= 4 is 20.8 Å². The molecule has 2 fully saturated rings. The van der Waals surface area contributed by atoms with E-state index >= 15 is 0 Å². The molecule has 0 bridgehead atoms. The number of ether oxygens (including phenoxy) is 1. The Labute approximate surface area is 141 Å². The number of aliphatic hydroxyl groups is 1. The molecule has 1 aliphatic carbocycles. The second kappa shape index (κ2) is 5.72. The first-order valence-electron chi connectivity index (χ1n) is 8.35. The predicted octanol–water partition coefficient (Wildman–Crippen LogP) is 2.24. The van der Waals surface area contributed by atoms with E-state index in [1.807, 2.05) is 31.2 Å². The van der Waals surface area contributed by atoms with Crippen LogP contribution < -0.4 is 4.74 Å². The number of aliphatic hydroxyl groups excluding tert-OH is 1. The van der Waals surface area contributed by atoms with Gasteiger partial charge in [-0.3, -0.25) is 0 Å². The Morgan fingerprint density at radius 1 is 1.17 bits per heavy atom. The summed E-state index contributed by atoms with van der Waals surface area (Å²) in [5, 5.41) is 11.3. The van der Waals surface area contributed by atoms with Crippen LogP contribution in [0.5, 0.6) is 5.75 Å². The molecule has 128 valence electrons. The lowest BCUT2D eigenvalue weighted by atomic mass is 9.74. The van der Waals surface area contributed by atoms with Crippen molar-refractivity contribution < 1.29 is 18.3 Å². The van der Waals surface area contributed by atoms with Gasteiger partial charge in [0.25, 0.3) is 0 Å². The molecule has 3 atom stereocenters. The van der Waals surface area contributed by atoms with Crippen LogP contribution in [0.25, 0.3) is 10.8 Å². The van der Waals surface area contributed by atoms with E-state index in [-0.39, 0.29) is 12.0 Å². The van der Waals surface area contributed by atoms with Gasteiger partial charge in [0, 0.05) is 29.8 Å². The fraction of sp³-hybridized carbons (Fsp3) is 0.444. The SMILES string of the molecule is CCOc1ccc(S(=O)(=O)N2C[C@H]3C[C@@H](O)[C@H]3C2)c2ccccc12. The maximum Gasteiger partial charge on any atom is 0.243 e. The highest BCUT2D eigenvalue weighted by Gasteiger charge is 2.49. The third kappa shape index (κ3) is 2.32. The van der Waals surface area contributed by atoms with Gasteiger partial charge in [-0.1, -0.05) is 24.3 Å². The summed E-state index contributed by atoms with van der Waals surface area (Å²) in [6.07, 6.45) is 0.355. The minimum absolute atomic E-state index is 0.0914. The van der Waals surface area contributed by atoms with Gasteiger partial charge in [0.05, 0.1) is 17.6 Å². The van der Waals surface area contributed by atoms with Crippen LogP contribution in [0.2, 0.25) is 0 Å². The van der Waals surface area contributed by atoms with Crippen molar-refractivity contribution in [3.05, 3.63) is 36.4 Å². The Bertz CT molecular complexity index is 880. The second-order valence-electron chi connectivity index (χ2n) is 6.59. The quantitative estimate of drug-likeness (QED) is 0.921. The Morgan fingerprint density at radius 3 is 2.58 bits per heavy atom. The van der Waals surface area contributed by atoms with Crippen LogP contribution >= 0.6 is 0 Å². The highest BCUT2D eigenvalue weighted by atomic mass is 32.2. The van der Waals surface area contributed by atoms with Crippen molar-refractivity contribution in [3.63, 3.8) is 0 Å². The Kier molecular flexibility index (Phi) is 3.78. The molecule has 4 rings (SSSR count). The van der Waals surface area contributed by atoms with Gasteiger partial charge in [0.1, 0.15) is 5.75 Å². The molecule has 1 heterocycles. The summed E-state index contributed by atoms with van der Waals surface area (Å²) in [7, 11) is -3.58. The number of rotatable bonds is 4. The molecule has 0 aromatic heterocycles. The highest BCUT2D eigenvalue weighted by molar-refractivity contribution is 7.89. The van der Waals surface area contributed by atoms with Crippen LogP contribution in [-0.4, -0.2) is 43.6 Å². The van der Waals surface area contributed by atoms with Gasteiger partial charge in [-0.15, -0.1) is 0 Å². The van der Waals surface area contributed by atoms with Crippen molar-refractivity contribution in [1.82, 2.24) is 4.31 Å². The zero-order valence-electron chi connectivity index (χ0n) is 13.6. The second-order valence-corrected chi connectivity index (χ2v) is 8.50. The van der Waals surface area contributed by atoms with Gasteiger partial charge in [0.2, 0.25) is 10.0 Å². The number of sulfonamides is 1. The molecule has 2 aromatic rings. The maximum atomic E-state index is 13.1. The van der Waals surface area contributed by atoms with Gasteiger partial charge in [-0.25, -0.2) is 8.42 Å². The van der Waals surface area contributed by atoms with Gasteiger partial charge in [-0.2, -0.15) is 4.31 Å². The molecule has 1 aliphatic heterocycles. The molecule has 0 amide bonds. The van der Waals surface area contributed by atoms with Crippen LogP contribution in [0, 0.1) is 11.8 Å². The molecular formula is C18H21NO4S. The average molecular weight is 347 g/mol. The summed E-state index contributed by atoms with van der Waals surface area (Å²) in [5.41, 5.74) is 0. The summed E-state index contributed by atoms with van der Waals surface area (Å²) < 4.78 is 33.5. The third-order valence-corrected chi connectivity index (χ3v) is 7.15. The molecule has 24 heavy (non-hydrogen) atoms. The molecule has 1 saturated heterocycles. The van der Waals surface area contributed by atoms with E-state index in [2.05, 4.69) is 0 Å². The maximum absolute atomic E-state index is 13.1. The van der Waals surface area contributed by atoms with Crippen molar-refractivity contribution in [3.8, 4) is 5.75 Å². The zero-order valence-corrected chi connectivity index (χ0v) is 14.4. The van der Waals surface area contributed by atoms with E-state index in [4.69, 9.17) is 4.74 Å². The number of hydrogen-bond donors (Lipinski definition) is 1. The van der Waals surface area contributed by atoms with Gasteiger partial charge in [-0.05, 0) is 31.4 Å². The lowest BCUT2D eigenvalue weighted by Crippen LogP contribution is -2.39. The van der Waals surface area contributed by atoms with E-state index < -0.39 is 10.0 Å². The van der Waals surface area contributed by atoms with E-state index in [1.54, 1.807) is 12.1 Å². The normalized spacial score (nSPS) is 27.0. The Morgan fingerprint density at radius 2 is 1.92 bits per heavy atom. The first-order valence-corrected chi connectivity index (χ1v) is 9.79. The minimum Gasteiger partial charge on any atom is -0.493 e. The van der Waals surface area contributed by atoms with E-state index in [0.717, 1.165) is 5.39 Å². The average Bonchev–Trinajstić information content (AvgIpc) is 2.93. The largest absolute Gasteiger partial charge is 0.493 e. The fourth-order valence-electron chi connectivity index (χ4n) is 3.92. The molecule has 2 aliphatic rings. The molecule has 1 N–H and O–H groups in total. The van der Waals surface area contributed by atoms with E-state index in [9.17, 15) is 13.5 Å². The molecule has 0 spiro atoms. The minimum atomic E-state index is -3.58. The first kappa shape index (κ1) is 15.9. The standard InChI is InChI=1S/C18H21NO4S/c1-2-23-17-7-8-18(14-6-4-3-5-13(14)17)24(21,22)19-10-12-9-16(20)15(12)11-19/h3-8,12,15-16,20H,2,9-11H2,1H3/t12-,15+,16-/m1/s1. The van der Waals surface area contributed by atoms with Crippen molar-refractivity contribution in [1.29, 1.82) is 0 Å². The van der Waals surface area contributed by atoms with Crippen LogP contribution in [0.1, 0.15) is 13.3 Å². The number of hydrogen-bond acceptors (Lipinski definition) is 4. The number of nitrogens with zero attached hydrogens (tertiary/aromatic N) is 1. The smallest absolute Gasteiger partial charge is 0.243 e. The lowest BCUT2D eigenvalue weighted by molar-refractivity contribution is -0.00416. The number of fused-ring (bicyclic) bond motifs is 2. The van der Waals surface area contributed by atoms with Gasteiger partial charge in [0.15, 0.2) is 0 Å². The Balaban J connectivity index is 1.77. The highest BCUT2D eigenvalue weighted by Crippen LogP contribution is 2.43. The zero-order chi connectivity index (χ0) is 16.9. The van der Waals surface area contributed by atoms with Crippen molar-refractivity contribution in [2.24, 2.45) is 11.8 Å². The molecule has 6 heteroatoms. The van der Waals surface area contributed by atoms with E-state index in [1.165, 1.54) is 4.31 Å². The number of benzene rings is 2. The Hall–Kier alpha value is -1.63. The van der Waals surface area contributed by atoms with Crippen molar-refractivity contribution in [2.75, 3.05) is 19.7 Å². The molecule has 0 radical (unpaired) electrons. The predicted molar refractivity (Wildman–Crippen MR) is 91.5 cm³/mol. The molecule has 5 nitrogen and oxygen atoms in total. The monoisotopic (exact) mass is 347 g/mol. The van der Waals surface area contributed by atoms with E-state index in [0.29, 0.717) is 48.1 Å². The summed E-state index contributed by atoms with van der Waals surface area (Å²) in [6.45, 7) is 3.36. The summed E-state index contributed by atoms with van der Waals surface area (Å²) in [4.78, 5) is 0.317. The topological polar surface area (TPSA) is 66.8 Å². The molecule has 2 aromatic carbocycles. The van der Waals surface area contributed by atoms with Crippen molar-refractivity contribution in [2.45, 2.75) is 24.3 Å². The summed E-state index contributed by atoms with van der Waals surface area (Å²) in [5.74, 6) is 1.08. The summed E-state index contributed by atoms with van der Waals surface area (Å²) >= 11 is 0. The molecular weight excluding hydrogens is 326 g/mol. The van der Waals surface area contributed by atoms with Crippen LogP contribution in [-0.2, 0) is 10.0 Å². The van der Waals surface area contributed by atoms with Crippen LogP contribution in [0.4, 0.5) is 0 Å². The lowest BCUT2D eigenvalue weighted by Gasteiger charge is -2.34. The third-order valence-electron chi connectivity index (χ3n) is 5.26. The fourth-order valence-corrected chi connectivity index (χ4v) is 5.65. The molecule has 0 unspecified atom stereocenters.